The van der Waals surface area contributed by atoms with Gasteiger partial charge in [0.15, 0.2) is 0 Å². The average molecular weight is 301 g/mol. The van der Waals surface area contributed by atoms with Crippen molar-refractivity contribution in [1.82, 2.24) is 0 Å². The molecule has 1 N–H and O–H groups in total. The Hall–Kier alpha value is -0.540. The minimum absolute atomic E-state index is 0.549. The lowest BCUT2D eigenvalue weighted by Gasteiger charge is -2.11. The largest absolute Gasteiger partial charge is 0.384 e. The summed E-state index contributed by atoms with van der Waals surface area (Å²) in [7, 11) is 0. The predicted octanol–water partition coefficient (Wildman–Crippen LogP) is 5.09. The number of halogens is 2. The van der Waals surface area contributed by atoms with E-state index in [1.165, 1.54) is 16.9 Å². The van der Waals surface area contributed by atoms with Crippen LogP contribution in [0, 0.1) is 0 Å². The molecular weight excluding hydrogens is 287 g/mol. The van der Waals surface area contributed by atoms with Crippen molar-refractivity contribution in [3.63, 3.8) is 0 Å². The third-order valence-corrected chi connectivity index (χ3v) is 4.30. The van der Waals surface area contributed by atoms with Gasteiger partial charge in [-0.25, -0.2) is 0 Å². The van der Waals surface area contributed by atoms with E-state index < -0.39 is 6.10 Å². The monoisotopic (exact) mass is 300 g/mol. The van der Waals surface area contributed by atoms with Gasteiger partial charge in [-0.15, -0.1) is 11.3 Å². The topological polar surface area (TPSA) is 20.2 Å². The summed E-state index contributed by atoms with van der Waals surface area (Å²) in [4.78, 5) is 0. The molecule has 1 unspecified atom stereocenters. The maximum Gasteiger partial charge on any atom is 0.106 e. The lowest BCUT2D eigenvalue weighted by Crippen LogP contribution is -1.99. The third kappa shape index (κ3) is 3.07. The van der Waals surface area contributed by atoms with Gasteiger partial charge in [-0.2, -0.15) is 0 Å². The SMILES string of the molecule is CCCc1cccc(C(O)c2cc(Cl)sc2Cl)c1. The molecule has 1 nitrogen and oxygen atoms in total. The van der Waals surface area contributed by atoms with Crippen LogP contribution in [0.2, 0.25) is 8.67 Å². The van der Waals surface area contributed by atoms with Crippen molar-refractivity contribution in [3.05, 3.63) is 55.7 Å². The number of hydrogen-bond donors (Lipinski definition) is 1. The maximum absolute atomic E-state index is 10.3. The fourth-order valence-electron chi connectivity index (χ4n) is 1.93. The first-order valence-electron chi connectivity index (χ1n) is 5.83. The first-order valence-corrected chi connectivity index (χ1v) is 7.40. The molecule has 2 aromatic rings. The van der Waals surface area contributed by atoms with Crippen molar-refractivity contribution in [2.45, 2.75) is 25.9 Å². The molecule has 2 rings (SSSR count). The lowest BCUT2D eigenvalue weighted by molar-refractivity contribution is 0.221. The number of thiophene rings is 1. The summed E-state index contributed by atoms with van der Waals surface area (Å²) in [5.74, 6) is 0. The van der Waals surface area contributed by atoms with Crippen LogP contribution in [0.25, 0.3) is 0 Å². The Morgan fingerprint density at radius 3 is 2.67 bits per heavy atom. The molecule has 1 atom stereocenters. The second kappa shape index (κ2) is 6.07. The quantitative estimate of drug-likeness (QED) is 0.834. The molecule has 1 heterocycles. The van der Waals surface area contributed by atoms with Crippen molar-refractivity contribution in [1.29, 1.82) is 0 Å². The molecule has 0 bridgehead atoms. The van der Waals surface area contributed by atoms with Crippen LogP contribution >= 0.6 is 34.5 Å². The van der Waals surface area contributed by atoms with Crippen LogP contribution in [0.1, 0.15) is 36.1 Å². The van der Waals surface area contributed by atoms with E-state index in [9.17, 15) is 5.11 Å². The van der Waals surface area contributed by atoms with E-state index in [2.05, 4.69) is 13.0 Å². The molecule has 0 aliphatic rings. The van der Waals surface area contributed by atoms with Crippen LogP contribution < -0.4 is 0 Å². The Kier molecular flexibility index (Phi) is 4.68. The lowest BCUT2D eigenvalue weighted by atomic mass is 10.0. The maximum atomic E-state index is 10.3. The number of aliphatic hydroxyl groups is 1. The molecule has 0 aliphatic carbocycles. The smallest absolute Gasteiger partial charge is 0.106 e. The van der Waals surface area contributed by atoms with Gasteiger partial charge in [0.25, 0.3) is 0 Å². The van der Waals surface area contributed by atoms with Crippen LogP contribution in [-0.2, 0) is 6.42 Å². The Balaban J connectivity index is 2.30. The first-order chi connectivity index (χ1) is 8.61. The molecule has 96 valence electrons. The minimum Gasteiger partial charge on any atom is -0.384 e. The minimum atomic E-state index is -0.710. The number of hydrogen-bond acceptors (Lipinski definition) is 2. The summed E-state index contributed by atoms with van der Waals surface area (Å²) in [6, 6.07) is 9.70. The van der Waals surface area contributed by atoms with E-state index in [4.69, 9.17) is 23.2 Å². The van der Waals surface area contributed by atoms with Gasteiger partial charge in [0.05, 0.1) is 4.34 Å². The molecule has 4 heteroatoms. The van der Waals surface area contributed by atoms with Gasteiger partial charge in [-0.1, -0.05) is 60.8 Å². The second-order valence-electron chi connectivity index (χ2n) is 4.18. The van der Waals surface area contributed by atoms with Gasteiger partial charge in [-0.05, 0) is 23.6 Å². The molecule has 0 aliphatic heterocycles. The number of aryl methyl sites for hydroxylation is 1. The fraction of sp³-hybridized carbons (Fsp3) is 0.286. The Morgan fingerprint density at radius 1 is 1.28 bits per heavy atom. The molecule has 18 heavy (non-hydrogen) atoms. The Morgan fingerprint density at radius 2 is 2.06 bits per heavy atom. The standard InChI is InChI=1S/C14H14Cl2OS/c1-2-4-9-5-3-6-10(7-9)13(17)11-8-12(15)18-14(11)16/h3,5-8,13,17H,2,4H2,1H3. The first kappa shape index (κ1) is 13.9. The normalized spacial score (nSPS) is 12.7. The van der Waals surface area contributed by atoms with Gasteiger partial charge in [0.1, 0.15) is 10.4 Å². The van der Waals surface area contributed by atoms with Crippen LogP contribution in [0.5, 0.6) is 0 Å². The van der Waals surface area contributed by atoms with E-state index in [0.717, 1.165) is 18.4 Å². The summed E-state index contributed by atoms with van der Waals surface area (Å²) in [5.41, 5.74) is 2.77. The van der Waals surface area contributed by atoms with Gasteiger partial charge >= 0.3 is 0 Å². The van der Waals surface area contributed by atoms with Crippen LogP contribution in [0.15, 0.2) is 30.3 Å². The molecule has 1 aromatic heterocycles. The van der Waals surface area contributed by atoms with Crippen molar-refractivity contribution in [2.75, 3.05) is 0 Å². The Labute approximate surface area is 121 Å². The highest BCUT2D eigenvalue weighted by Crippen LogP contribution is 2.37. The zero-order valence-electron chi connectivity index (χ0n) is 9.99. The summed E-state index contributed by atoms with van der Waals surface area (Å²) in [6.45, 7) is 2.14. The van der Waals surface area contributed by atoms with E-state index in [1.54, 1.807) is 6.07 Å². The van der Waals surface area contributed by atoms with E-state index in [0.29, 0.717) is 14.2 Å². The highest BCUT2D eigenvalue weighted by atomic mass is 35.5. The fourth-order valence-corrected chi connectivity index (χ4v) is 3.45. The molecule has 0 saturated carbocycles. The zero-order chi connectivity index (χ0) is 13.1. The molecule has 0 fully saturated rings. The average Bonchev–Trinajstić information content (AvgIpc) is 2.68. The number of benzene rings is 1. The van der Waals surface area contributed by atoms with Crippen molar-refractivity contribution in [2.24, 2.45) is 0 Å². The second-order valence-corrected chi connectivity index (χ2v) is 6.46. The van der Waals surface area contributed by atoms with Gasteiger partial charge in [-0.3, -0.25) is 0 Å². The van der Waals surface area contributed by atoms with Crippen LogP contribution in [-0.4, -0.2) is 5.11 Å². The molecule has 0 saturated heterocycles. The molecule has 1 aromatic carbocycles. The van der Waals surface area contributed by atoms with E-state index in [-0.39, 0.29) is 0 Å². The summed E-state index contributed by atoms with van der Waals surface area (Å²) in [6.07, 6.45) is 1.39. The van der Waals surface area contributed by atoms with Crippen LogP contribution in [0.4, 0.5) is 0 Å². The molecular formula is C14H14Cl2OS. The van der Waals surface area contributed by atoms with Crippen LogP contribution in [0.3, 0.4) is 0 Å². The van der Waals surface area contributed by atoms with Gasteiger partial charge < -0.3 is 5.11 Å². The highest BCUT2D eigenvalue weighted by Gasteiger charge is 2.17. The Bertz CT molecular complexity index is 536. The number of rotatable bonds is 4. The highest BCUT2D eigenvalue weighted by molar-refractivity contribution is 7.20. The van der Waals surface area contributed by atoms with Gasteiger partial charge in [0.2, 0.25) is 0 Å². The molecule has 0 amide bonds. The third-order valence-electron chi connectivity index (χ3n) is 2.78. The summed E-state index contributed by atoms with van der Waals surface area (Å²) in [5, 5.41) is 10.3. The van der Waals surface area contributed by atoms with Crippen molar-refractivity contribution in [3.8, 4) is 0 Å². The summed E-state index contributed by atoms with van der Waals surface area (Å²) < 4.78 is 1.15. The number of aliphatic hydroxyl groups excluding tert-OH is 1. The van der Waals surface area contributed by atoms with Crippen molar-refractivity contribution < 1.29 is 5.11 Å². The van der Waals surface area contributed by atoms with Crippen molar-refractivity contribution >= 4 is 34.5 Å². The predicted molar refractivity (Wildman–Crippen MR) is 78.8 cm³/mol. The molecule has 0 radical (unpaired) electrons. The van der Waals surface area contributed by atoms with E-state index >= 15 is 0 Å². The van der Waals surface area contributed by atoms with Gasteiger partial charge in [0, 0.05) is 5.56 Å². The van der Waals surface area contributed by atoms with E-state index in [1.807, 2.05) is 18.2 Å². The zero-order valence-corrected chi connectivity index (χ0v) is 12.3. The summed E-state index contributed by atoms with van der Waals surface area (Å²) >= 11 is 13.2. The molecule has 0 spiro atoms.